The normalized spacial score (nSPS) is 18.8. The number of pyridine rings is 1. The van der Waals surface area contributed by atoms with Crippen molar-refractivity contribution in [1.29, 1.82) is 0 Å². The molecular formula is C23H21FN4O. The average Bonchev–Trinajstić information content (AvgIpc) is 2.99. The van der Waals surface area contributed by atoms with Gasteiger partial charge in [-0.3, -0.25) is 14.7 Å². The van der Waals surface area contributed by atoms with E-state index in [1.54, 1.807) is 25.4 Å². The number of nitrogens with two attached hydrogens (primary N) is 1. The second-order valence-corrected chi connectivity index (χ2v) is 7.04. The van der Waals surface area contributed by atoms with E-state index in [1.807, 2.05) is 43.3 Å². The highest BCUT2D eigenvalue weighted by Crippen LogP contribution is 2.39. The van der Waals surface area contributed by atoms with E-state index in [-0.39, 0.29) is 17.7 Å². The van der Waals surface area contributed by atoms with Crippen LogP contribution < -0.4 is 5.73 Å². The first-order chi connectivity index (χ1) is 14.0. The molecule has 1 aliphatic rings. The minimum absolute atomic E-state index is 0.142. The highest BCUT2D eigenvalue weighted by atomic mass is 19.1. The van der Waals surface area contributed by atoms with Crippen LogP contribution in [0.25, 0.3) is 11.1 Å². The van der Waals surface area contributed by atoms with Crippen molar-refractivity contribution in [3.05, 3.63) is 89.5 Å². The quantitative estimate of drug-likeness (QED) is 0.744. The molecule has 146 valence electrons. The van der Waals surface area contributed by atoms with E-state index in [0.29, 0.717) is 11.3 Å². The van der Waals surface area contributed by atoms with Gasteiger partial charge in [0.15, 0.2) is 5.96 Å². The van der Waals surface area contributed by atoms with Gasteiger partial charge in [-0.05, 0) is 52.9 Å². The number of halogens is 1. The summed E-state index contributed by atoms with van der Waals surface area (Å²) in [5.41, 5.74) is 8.62. The van der Waals surface area contributed by atoms with Crippen molar-refractivity contribution in [2.45, 2.75) is 18.9 Å². The number of benzene rings is 2. The van der Waals surface area contributed by atoms with Crippen molar-refractivity contribution in [2.75, 3.05) is 7.05 Å². The zero-order chi connectivity index (χ0) is 20.6. The number of rotatable bonds is 4. The van der Waals surface area contributed by atoms with E-state index in [1.165, 1.54) is 17.0 Å². The summed E-state index contributed by atoms with van der Waals surface area (Å²) < 4.78 is 13.3. The van der Waals surface area contributed by atoms with Gasteiger partial charge in [0.1, 0.15) is 5.82 Å². The van der Waals surface area contributed by atoms with Gasteiger partial charge in [-0.2, -0.15) is 0 Å². The molecule has 2 aromatic carbocycles. The molecular weight excluding hydrogens is 367 g/mol. The summed E-state index contributed by atoms with van der Waals surface area (Å²) in [6.07, 6.45) is 2.61. The Balaban J connectivity index is 1.90. The van der Waals surface area contributed by atoms with Crippen LogP contribution in [0, 0.1) is 5.82 Å². The van der Waals surface area contributed by atoms with Crippen molar-refractivity contribution in [2.24, 2.45) is 10.7 Å². The summed E-state index contributed by atoms with van der Waals surface area (Å²) in [5, 5.41) is 0. The zero-order valence-electron chi connectivity index (χ0n) is 16.3. The summed E-state index contributed by atoms with van der Waals surface area (Å²) in [4.78, 5) is 23.8. The summed E-state index contributed by atoms with van der Waals surface area (Å²) in [6, 6.07) is 17.5. The second-order valence-electron chi connectivity index (χ2n) is 7.04. The number of hydrogen-bond acceptors (Lipinski definition) is 4. The summed E-state index contributed by atoms with van der Waals surface area (Å²) in [5.74, 6) is -0.418. The number of aryl methyl sites for hydroxylation is 1. The van der Waals surface area contributed by atoms with Crippen LogP contribution in [-0.2, 0) is 16.8 Å². The van der Waals surface area contributed by atoms with E-state index in [0.717, 1.165) is 23.1 Å². The fourth-order valence-corrected chi connectivity index (χ4v) is 3.56. The zero-order valence-corrected chi connectivity index (χ0v) is 16.3. The maximum atomic E-state index is 13.3. The SMILES string of the molecule is CCc1ccc(C2(c3cccc(-c4ccc(F)cc4)c3)N=C(N)N(C)C2=O)nc1. The Kier molecular flexibility index (Phi) is 4.62. The molecule has 0 saturated carbocycles. The Morgan fingerprint density at radius 2 is 1.83 bits per heavy atom. The molecule has 1 aliphatic heterocycles. The lowest BCUT2D eigenvalue weighted by Crippen LogP contribution is -2.41. The lowest BCUT2D eigenvalue weighted by molar-refractivity contribution is -0.129. The molecule has 0 spiro atoms. The standard InChI is InChI=1S/C23H21FN4O/c1-3-15-7-12-20(26-14-15)23(21(29)28(2)22(25)27-23)18-6-4-5-17(13-18)16-8-10-19(24)11-9-16/h4-14H,3H2,1-2H3,(H2,25,27). The molecule has 2 heterocycles. The van der Waals surface area contributed by atoms with Crippen LogP contribution in [0.1, 0.15) is 23.7 Å². The van der Waals surface area contributed by atoms with E-state index in [2.05, 4.69) is 9.98 Å². The molecule has 4 rings (SSSR count). The number of carbonyl (C=O) groups excluding carboxylic acids is 1. The Morgan fingerprint density at radius 3 is 2.41 bits per heavy atom. The van der Waals surface area contributed by atoms with Crippen molar-refractivity contribution in [3.8, 4) is 11.1 Å². The Morgan fingerprint density at radius 1 is 1.07 bits per heavy atom. The van der Waals surface area contributed by atoms with Gasteiger partial charge in [-0.15, -0.1) is 0 Å². The number of hydrogen-bond donors (Lipinski definition) is 1. The number of amides is 1. The molecule has 6 heteroatoms. The summed E-state index contributed by atoms with van der Waals surface area (Å²) in [6.45, 7) is 2.04. The fourth-order valence-electron chi connectivity index (χ4n) is 3.56. The van der Waals surface area contributed by atoms with Gasteiger partial charge in [-0.25, -0.2) is 9.38 Å². The van der Waals surface area contributed by atoms with Crippen LogP contribution in [0.15, 0.2) is 71.9 Å². The molecule has 3 aromatic rings. The first-order valence-electron chi connectivity index (χ1n) is 9.41. The Labute approximate surface area is 168 Å². The van der Waals surface area contributed by atoms with Crippen molar-refractivity contribution in [1.82, 2.24) is 9.88 Å². The monoisotopic (exact) mass is 388 g/mol. The highest BCUT2D eigenvalue weighted by Gasteiger charge is 2.50. The van der Waals surface area contributed by atoms with Gasteiger partial charge in [0, 0.05) is 13.2 Å². The number of nitrogens with zero attached hydrogens (tertiary/aromatic N) is 3. The lowest BCUT2D eigenvalue weighted by Gasteiger charge is -2.25. The van der Waals surface area contributed by atoms with Crippen LogP contribution in [0.4, 0.5) is 4.39 Å². The Hall–Kier alpha value is -3.54. The van der Waals surface area contributed by atoms with Crippen LogP contribution in [0.2, 0.25) is 0 Å². The van der Waals surface area contributed by atoms with Gasteiger partial charge in [0.05, 0.1) is 5.69 Å². The maximum Gasteiger partial charge on any atom is 0.267 e. The molecule has 2 N–H and O–H groups in total. The third-order valence-electron chi connectivity index (χ3n) is 5.30. The molecule has 0 aliphatic carbocycles. The predicted octanol–water partition coefficient (Wildman–Crippen LogP) is 3.48. The van der Waals surface area contributed by atoms with Gasteiger partial charge in [0.2, 0.25) is 5.54 Å². The third kappa shape index (κ3) is 3.06. The van der Waals surface area contributed by atoms with Crippen molar-refractivity contribution >= 4 is 11.9 Å². The molecule has 1 atom stereocenters. The van der Waals surface area contributed by atoms with Gasteiger partial charge in [0.25, 0.3) is 5.91 Å². The van der Waals surface area contributed by atoms with Crippen molar-refractivity contribution in [3.63, 3.8) is 0 Å². The number of carbonyl (C=O) groups is 1. The fraction of sp³-hybridized carbons (Fsp3) is 0.174. The van der Waals surface area contributed by atoms with Crippen LogP contribution >= 0.6 is 0 Å². The minimum Gasteiger partial charge on any atom is -0.369 e. The molecule has 5 nitrogen and oxygen atoms in total. The molecule has 0 radical (unpaired) electrons. The minimum atomic E-state index is -1.35. The van der Waals surface area contributed by atoms with Crippen molar-refractivity contribution < 1.29 is 9.18 Å². The van der Waals surface area contributed by atoms with Gasteiger partial charge in [-0.1, -0.05) is 43.3 Å². The molecule has 1 unspecified atom stereocenters. The Bertz CT molecular complexity index is 1090. The molecule has 29 heavy (non-hydrogen) atoms. The lowest BCUT2D eigenvalue weighted by atomic mass is 9.84. The summed E-state index contributed by atoms with van der Waals surface area (Å²) >= 11 is 0. The smallest absolute Gasteiger partial charge is 0.267 e. The van der Waals surface area contributed by atoms with Crippen LogP contribution in [0.3, 0.4) is 0 Å². The van der Waals surface area contributed by atoms with Gasteiger partial charge < -0.3 is 5.73 Å². The van der Waals surface area contributed by atoms with Crippen LogP contribution in [0.5, 0.6) is 0 Å². The van der Waals surface area contributed by atoms with E-state index < -0.39 is 5.54 Å². The average molecular weight is 388 g/mol. The number of guanidine groups is 1. The van der Waals surface area contributed by atoms with E-state index >= 15 is 0 Å². The molecule has 0 bridgehead atoms. The number of aliphatic imine (C=N–C) groups is 1. The highest BCUT2D eigenvalue weighted by molar-refractivity contribution is 6.08. The largest absolute Gasteiger partial charge is 0.369 e. The maximum absolute atomic E-state index is 13.3. The molecule has 0 fully saturated rings. The number of aromatic nitrogens is 1. The predicted molar refractivity (Wildman–Crippen MR) is 111 cm³/mol. The molecule has 0 saturated heterocycles. The first kappa shape index (κ1) is 18.8. The van der Waals surface area contributed by atoms with E-state index in [9.17, 15) is 9.18 Å². The number of likely N-dealkylation sites (N-methyl/N-ethyl adjacent to an activating group) is 1. The van der Waals surface area contributed by atoms with E-state index in [4.69, 9.17) is 5.73 Å². The third-order valence-corrected chi connectivity index (χ3v) is 5.30. The summed E-state index contributed by atoms with van der Waals surface area (Å²) in [7, 11) is 1.60. The van der Waals surface area contributed by atoms with Gasteiger partial charge >= 0.3 is 0 Å². The topological polar surface area (TPSA) is 71.6 Å². The second kappa shape index (κ2) is 7.13. The molecule has 1 amide bonds. The first-order valence-corrected chi connectivity index (χ1v) is 9.41. The molecule has 1 aromatic heterocycles. The van der Waals surface area contributed by atoms with Crippen LogP contribution in [-0.4, -0.2) is 28.8 Å².